The molecule has 0 bridgehead atoms. The van der Waals surface area contributed by atoms with Crippen molar-refractivity contribution in [1.29, 1.82) is 5.26 Å². The summed E-state index contributed by atoms with van der Waals surface area (Å²) in [6.45, 7) is -0.494. The zero-order valence-electron chi connectivity index (χ0n) is 13.9. The molecule has 2 rings (SSSR count). The Morgan fingerprint density at radius 2 is 2.04 bits per heavy atom. The van der Waals surface area contributed by atoms with Gasteiger partial charge in [-0.3, -0.25) is 4.79 Å². The van der Waals surface area contributed by atoms with Crippen molar-refractivity contribution in [1.82, 2.24) is 0 Å². The highest BCUT2D eigenvalue weighted by Crippen LogP contribution is 2.20. The summed E-state index contributed by atoms with van der Waals surface area (Å²) in [5.41, 5.74) is 1.21. The molecule has 6 nitrogen and oxygen atoms in total. The molecule has 1 amide bonds. The van der Waals surface area contributed by atoms with Crippen LogP contribution in [0.3, 0.4) is 0 Å². The number of para-hydroxylation sites is 1. The minimum atomic E-state index is -0.683. The minimum absolute atomic E-state index is 0.255. The lowest BCUT2D eigenvalue weighted by molar-refractivity contribution is -0.142. The molecule has 0 spiro atoms. The lowest BCUT2D eigenvalue weighted by Gasteiger charge is -2.07. The van der Waals surface area contributed by atoms with E-state index >= 15 is 0 Å². The smallest absolute Gasteiger partial charge is 0.331 e. The Bertz CT molecular complexity index is 887. The number of hydrogen-bond donors (Lipinski definition) is 1. The molecule has 0 fully saturated rings. The van der Waals surface area contributed by atoms with Crippen molar-refractivity contribution in [2.24, 2.45) is 0 Å². The number of nitrogens with one attached hydrogen (secondary N) is 1. The molecule has 2 aromatic rings. The van der Waals surface area contributed by atoms with Gasteiger partial charge in [-0.2, -0.15) is 5.26 Å². The van der Waals surface area contributed by atoms with Gasteiger partial charge in [0.25, 0.3) is 5.91 Å². The van der Waals surface area contributed by atoms with E-state index in [1.165, 1.54) is 31.4 Å². The van der Waals surface area contributed by atoms with E-state index in [1.54, 1.807) is 24.3 Å². The summed E-state index contributed by atoms with van der Waals surface area (Å²) in [6.07, 6.45) is 2.73. The van der Waals surface area contributed by atoms with Gasteiger partial charge >= 0.3 is 5.97 Å². The van der Waals surface area contributed by atoms with Gasteiger partial charge in [-0.1, -0.05) is 29.8 Å². The molecule has 0 radical (unpaired) electrons. The molecule has 0 atom stereocenters. The second-order valence-corrected chi connectivity index (χ2v) is 5.47. The molecule has 0 unspecified atom stereocenters. The molecule has 7 heteroatoms. The number of ether oxygens (including phenoxy) is 2. The number of carbonyl (C=O) groups is 2. The van der Waals surface area contributed by atoms with E-state index in [9.17, 15) is 9.59 Å². The van der Waals surface area contributed by atoms with E-state index in [1.807, 2.05) is 12.1 Å². The fourth-order valence-corrected chi connectivity index (χ4v) is 2.22. The van der Waals surface area contributed by atoms with Crippen LogP contribution >= 0.6 is 11.6 Å². The van der Waals surface area contributed by atoms with Crippen LogP contribution < -0.4 is 10.1 Å². The van der Waals surface area contributed by atoms with Gasteiger partial charge in [0.05, 0.1) is 18.4 Å². The lowest BCUT2D eigenvalue weighted by atomic mass is 10.2. The van der Waals surface area contributed by atoms with Crippen LogP contribution in [0.15, 0.2) is 48.5 Å². The minimum Gasteiger partial charge on any atom is -0.496 e. The Hall–Kier alpha value is -3.30. The number of benzene rings is 2. The predicted molar refractivity (Wildman–Crippen MR) is 97.8 cm³/mol. The maximum atomic E-state index is 11.9. The van der Waals surface area contributed by atoms with Gasteiger partial charge < -0.3 is 14.8 Å². The zero-order valence-corrected chi connectivity index (χ0v) is 14.6. The fraction of sp³-hybridized carbons (Fsp3) is 0.105. The maximum absolute atomic E-state index is 11.9. The van der Waals surface area contributed by atoms with Gasteiger partial charge in [0.15, 0.2) is 6.61 Å². The molecule has 0 saturated carbocycles. The van der Waals surface area contributed by atoms with Crippen molar-refractivity contribution in [3.8, 4) is 11.8 Å². The maximum Gasteiger partial charge on any atom is 0.331 e. The Morgan fingerprint density at radius 3 is 2.77 bits per heavy atom. The van der Waals surface area contributed by atoms with Gasteiger partial charge in [0, 0.05) is 16.7 Å². The summed E-state index contributed by atoms with van der Waals surface area (Å²) >= 11 is 5.84. The molecule has 132 valence electrons. The number of anilines is 1. The van der Waals surface area contributed by atoms with E-state index < -0.39 is 18.5 Å². The number of nitrogens with zero attached hydrogens (tertiary/aromatic N) is 1. The molecule has 0 aliphatic carbocycles. The first-order valence-electron chi connectivity index (χ1n) is 7.51. The van der Waals surface area contributed by atoms with E-state index in [4.69, 9.17) is 26.3 Å². The third-order valence-electron chi connectivity index (χ3n) is 3.26. The van der Waals surface area contributed by atoms with Crippen molar-refractivity contribution >= 4 is 35.2 Å². The first-order valence-corrected chi connectivity index (χ1v) is 7.88. The molecule has 0 aromatic heterocycles. The monoisotopic (exact) mass is 370 g/mol. The first kappa shape index (κ1) is 19.0. The summed E-state index contributed by atoms with van der Waals surface area (Å²) in [7, 11) is 1.53. The number of halogens is 1. The predicted octanol–water partition coefficient (Wildman–Crippen LogP) is 3.42. The summed E-state index contributed by atoms with van der Waals surface area (Å²) in [4.78, 5) is 23.6. The number of nitriles is 1. The number of amides is 1. The molecule has 0 aliphatic rings. The van der Waals surface area contributed by atoms with Crippen molar-refractivity contribution < 1.29 is 19.1 Å². The van der Waals surface area contributed by atoms with Crippen LogP contribution in [0.2, 0.25) is 5.02 Å². The van der Waals surface area contributed by atoms with Crippen LogP contribution in [0.4, 0.5) is 5.69 Å². The first-order chi connectivity index (χ1) is 12.5. The third kappa shape index (κ3) is 5.36. The second kappa shape index (κ2) is 9.25. The van der Waals surface area contributed by atoms with Gasteiger partial charge in [0.1, 0.15) is 11.8 Å². The second-order valence-electron chi connectivity index (χ2n) is 5.03. The molecule has 0 aliphatic heterocycles. The van der Waals surface area contributed by atoms with Crippen molar-refractivity contribution in [3.63, 3.8) is 0 Å². The highest BCUT2D eigenvalue weighted by Gasteiger charge is 2.09. The van der Waals surface area contributed by atoms with Crippen molar-refractivity contribution in [2.45, 2.75) is 0 Å². The molecular weight excluding hydrogens is 356 g/mol. The highest BCUT2D eigenvalue weighted by atomic mass is 35.5. The highest BCUT2D eigenvalue weighted by molar-refractivity contribution is 6.31. The van der Waals surface area contributed by atoms with Gasteiger partial charge in [-0.15, -0.1) is 0 Å². The van der Waals surface area contributed by atoms with Gasteiger partial charge in [0.2, 0.25) is 0 Å². The van der Waals surface area contributed by atoms with E-state index in [2.05, 4.69) is 5.32 Å². The van der Waals surface area contributed by atoms with Crippen LogP contribution in [0.5, 0.6) is 5.75 Å². The number of carbonyl (C=O) groups excluding carboxylic acids is 2. The summed E-state index contributed by atoms with van der Waals surface area (Å²) < 4.78 is 10.0. The summed E-state index contributed by atoms with van der Waals surface area (Å²) in [5, 5.41) is 11.9. The SMILES string of the molecule is COc1ccccc1/C=C/C(=O)OCC(=O)Nc1cc(Cl)ccc1C#N. The standard InChI is InChI=1S/C19H15ClN2O4/c1-25-17-5-3-2-4-13(17)7-9-19(24)26-12-18(23)22-16-10-15(20)8-6-14(16)11-21/h2-10H,12H2,1H3,(H,22,23)/b9-7+. The average molecular weight is 371 g/mol. The molecule has 0 saturated heterocycles. The third-order valence-corrected chi connectivity index (χ3v) is 3.49. The van der Waals surface area contributed by atoms with Crippen LogP contribution in [-0.2, 0) is 14.3 Å². The fourth-order valence-electron chi connectivity index (χ4n) is 2.05. The van der Waals surface area contributed by atoms with Gasteiger partial charge in [-0.05, 0) is 30.3 Å². The van der Waals surface area contributed by atoms with Crippen molar-refractivity contribution in [3.05, 3.63) is 64.7 Å². The summed E-state index contributed by atoms with van der Waals surface area (Å²) in [6, 6.07) is 13.6. The van der Waals surface area contributed by atoms with Crippen LogP contribution in [0, 0.1) is 11.3 Å². The Kier molecular flexibility index (Phi) is 6.77. The van der Waals surface area contributed by atoms with E-state index in [0.29, 0.717) is 16.3 Å². The number of esters is 1. The quantitative estimate of drug-likeness (QED) is 0.621. The van der Waals surface area contributed by atoms with E-state index in [-0.39, 0.29) is 11.3 Å². The Balaban J connectivity index is 1.91. The Morgan fingerprint density at radius 1 is 1.27 bits per heavy atom. The molecule has 0 heterocycles. The lowest BCUT2D eigenvalue weighted by Crippen LogP contribution is -2.20. The van der Waals surface area contributed by atoms with Crippen LogP contribution in [0.25, 0.3) is 6.08 Å². The normalized spacial score (nSPS) is 10.2. The molecule has 2 aromatic carbocycles. The number of methoxy groups -OCH3 is 1. The number of hydrogen-bond acceptors (Lipinski definition) is 5. The topological polar surface area (TPSA) is 88.4 Å². The molecule has 1 N–H and O–H groups in total. The summed E-state index contributed by atoms with van der Waals surface area (Å²) in [5.74, 6) is -0.653. The number of rotatable bonds is 6. The Labute approximate surface area is 155 Å². The average Bonchev–Trinajstić information content (AvgIpc) is 2.65. The van der Waals surface area contributed by atoms with Gasteiger partial charge in [-0.25, -0.2) is 4.79 Å². The van der Waals surface area contributed by atoms with Crippen LogP contribution in [0.1, 0.15) is 11.1 Å². The zero-order chi connectivity index (χ0) is 18.9. The largest absolute Gasteiger partial charge is 0.496 e. The van der Waals surface area contributed by atoms with E-state index in [0.717, 1.165) is 0 Å². The van der Waals surface area contributed by atoms with Crippen LogP contribution in [-0.4, -0.2) is 25.6 Å². The van der Waals surface area contributed by atoms with Crippen molar-refractivity contribution in [2.75, 3.05) is 19.0 Å². The molecular formula is C19H15ClN2O4. The molecule has 26 heavy (non-hydrogen) atoms.